The lowest BCUT2D eigenvalue weighted by Crippen LogP contribution is -2.23. The molecule has 0 unspecified atom stereocenters. The van der Waals surface area contributed by atoms with Crippen LogP contribution < -0.4 is 5.73 Å². The van der Waals surface area contributed by atoms with Gasteiger partial charge >= 0.3 is 0 Å². The molecule has 0 bridgehead atoms. The standard InChI is InChI=1S/C10H12N8O2/c11-9-5-2-15-18(10(5)14-4-13-9)8-1-6(16-17-12)7(3-19)20-8/h2,4,6-8,19H,1,3H2,(H2,11,13,14)/t6-,7+,8+/m0/s1. The largest absolute Gasteiger partial charge is 0.394 e. The molecule has 10 heteroatoms. The normalized spacial score (nSPS) is 25.8. The molecule has 0 aromatic carbocycles. The van der Waals surface area contributed by atoms with Crippen LogP contribution in [0.5, 0.6) is 0 Å². The van der Waals surface area contributed by atoms with Crippen LogP contribution in [-0.4, -0.2) is 43.6 Å². The maximum absolute atomic E-state index is 9.25. The summed E-state index contributed by atoms with van der Waals surface area (Å²) in [5.41, 5.74) is 14.8. The number of hydrogen-bond donors (Lipinski definition) is 2. The average molecular weight is 276 g/mol. The van der Waals surface area contributed by atoms with Crippen LogP contribution in [-0.2, 0) is 4.74 Å². The van der Waals surface area contributed by atoms with Crippen molar-refractivity contribution >= 4 is 16.9 Å². The SMILES string of the molecule is [N-]=[N+]=N[C@H]1C[C@H](n2ncc3c(N)ncnc32)O[C@@H]1CO. The van der Waals surface area contributed by atoms with Crippen molar-refractivity contribution < 1.29 is 9.84 Å². The first-order valence-corrected chi connectivity index (χ1v) is 5.98. The molecule has 0 spiro atoms. The second kappa shape index (κ2) is 4.93. The second-order valence-corrected chi connectivity index (χ2v) is 4.41. The van der Waals surface area contributed by atoms with E-state index in [1.807, 2.05) is 0 Å². The zero-order valence-corrected chi connectivity index (χ0v) is 10.4. The number of nitrogen functional groups attached to an aromatic ring is 1. The first kappa shape index (κ1) is 12.6. The minimum atomic E-state index is -0.547. The van der Waals surface area contributed by atoms with Crippen molar-refractivity contribution in [3.8, 4) is 0 Å². The first-order valence-electron chi connectivity index (χ1n) is 5.98. The third kappa shape index (κ3) is 1.92. The Balaban J connectivity index is 1.96. The highest BCUT2D eigenvalue weighted by Gasteiger charge is 2.36. The van der Waals surface area contributed by atoms with Crippen molar-refractivity contribution in [2.75, 3.05) is 12.3 Å². The van der Waals surface area contributed by atoms with Crippen LogP contribution in [0, 0.1) is 0 Å². The predicted molar refractivity (Wildman–Crippen MR) is 68.3 cm³/mol. The van der Waals surface area contributed by atoms with Gasteiger partial charge in [-0.15, -0.1) is 0 Å². The molecule has 3 atom stereocenters. The summed E-state index contributed by atoms with van der Waals surface area (Å²) >= 11 is 0. The number of aliphatic hydroxyl groups is 1. The highest BCUT2D eigenvalue weighted by molar-refractivity contribution is 5.84. The van der Waals surface area contributed by atoms with Gasteiger partial charge in [-0.25, -0.2) is 14.6 Å². The van der Waals surface area contributed by atoms with E-state index in [0.29, 0.717) is 23.3 Å². The summed E-state index contributed by atoms with van der Waals surface area (Å²) in [4.78, 5) is 10.8. The number of nitrogens with two attached hydrogens (primary N) is 1. The Morgan fingerprint density at radius 1 is 1.60 bits per heavy atom. The summed E-state index contributed by atoms with van der Waals surface area (Å²) in [6, 6.07) is -0.437. The molecule has 2 aromatic heterocycles. The maximum atomic E-state index is 9.25. The van der Waals surface area contributed by atoms with E-state index in [-0.39, 0.29) is 6.61 Å². The Bertz CT molecular complexity index is 679. The zero-order valence-electron chi connectivity index (χ0n) is 10.4. The molecule has 1 saturated heterocycles. The van der Waals surface area contributed by atoms with Crippen LogP contribution in [0.2, 0.25) is 0 Å². The smallest absolute Gasteiger partial charge is 0.165 e. The fourth-order valence-electron chi connectivity index (χ4n) is 2.31. The van der Waals surface area contributed by atoms with Gasteiger partial charge in [-0.05, 0) is 5.53 Å². The maximum Gasteiger partial charge on any atom is 0.165 e. The summed E-state index contributed by atoms with van der Waals surface area (Å²) < 4.78 is 7.21. The molecule has 3 heterocycles. The van der Waals surface area contributed by atoms with Crippen LogP contribution in [0.15, 0.2) is 17.6 Å². The molecule has 3 rings (SSSR count). The van der Waals surface area contributed by atoms with E-state index in [9.17, 15) is 5.11 Å². The third-order valence-corrected chi connectivity index (χ3v) is 3.28. The van der Waals surface area contributed by atoms with Crippen LogP contribution in [0.4, 0.5) is 5.82 Å². The van der Waals surface area contributed by atoms with Gasteiger partial charge in [0.25, 0.3) is 0 Å². The first-order chi connectivity index (χ1) is 9.74. The number of hydrogen-bond acceptors (Lipinski definition) is 7. The molecule has 1 fully saturated rings. The van der Waals surface area contributed by atoms with E-state index in [0.717, 1.165) is 0 Å². The van der Waals surface area contributed by atoms with Crippen LogP contribution >= 0.6 is 0 Å². The van der Waals surface area contributed by atoms with Gasteiger partial charge in [-0.3, -0.25) is 0 Å². The molecule has 0 radical (unpaired) electrons. The van der Waals surface area contributed by atoms with Gasteiger partial charge in [0.1, 0.15) is 12.1 Å². The van der Waals surface area contributed by atoms with Gasteiger partial charge in [0.15, 0.2) is 11.9 Å². The molecule has 2 aromatic rings. The van der Waals surface area contributed by atoms with Crippen LogP contribution in [0.25, 0.3) is 21.5 Å². The fourth-order valence-corrected chi connectivity index (χ4v) is 2.31. The highest BCUT2D eigenvalue weighted by Crippen LogP contribution is 2.32. The molecule has 20 heavy (non-hydrogen) atoms. The molecule has 0 aliphatic carbocycles. The molecule has 1 aliphatic heterocycles. The van der Waals surface area contributed by atoms with Crippen molar-refractivity contribution in [3.63, 3.8) is 0 Å². The number of ether oxygens (including phenoxy) is 1. The van der Waals surface area contributed by atoms with Crippen LogP contribution in [0.1, 0.15) is 12.6 Å². The number of aromatic nitrogens is 4. The van der Waals surface area contributed by atoms with Crippen LogP contribution in [0.3, 0.4) is 0 Å². The lowest BCUT2D eigenvalue weighted by Gasteiger charge is -2.13. The third-order valence-electron chi connectivity index (χ3n) is 3.28. The van der Waals surface area contributed by atoms with E-state index in [4.69, 9.17) is 16.0 Å². The molecule has 0 amide bonds. The Labute approximate surface area is 112 Å². The van der Waals surface area contributed by atoms with Gasteiger partial charge in [-0.2, -0.15) is 5.10 Å². The quantitative estimate of drug-likeness (QED) is 0.470. The van der Waals surface area contributed by atoms with Gasteiger partial charge in [0.05, 0.1) is 30.3 Å². The molecular formula is C10H12N8O2. The van der Waals surface area contributed by atoms with E-state index < -0.39 is 18.4 Å². The van der Waals surface area contributed by atoms with Crippen molar-refractivity contribution in [1.82, 2.24) is 19.7 Å². The lowest BCUT2D eigenvalue weighted by atomic mass is 10.1. The molecule has 10 nitrogen and oxygen atoms in total. The lowest BCUT2D eigenvalue weighted by molar-refractivity contribution is -0.0286. The summed E-state index contributed by atoms with van der Waals surface area (Å²) in [6.07, 6.45) is 2.31. The second-order valence-electron chi connectivity index (χ2n) is 4.41. The number of rotatable bonds is 3. The molecule has 104 valence electrons. The Morgan fingerprint density at radius 3 is 3.20 bits per heavy atom. The highest BCUT2D eigenvalue weighted by atomic mass is 16.5. The number of aliphatic hydroxyl groups excluding tert-OH is 1. The molecule has 3 N–H and O–H groups in total. The summed E-state index contributed by atoms with van der Waals surface area (Å²) in [6.45, 7) is -0.226. The average Bonchev–Trinajstić information content (AvgIpc) is 3.03. The summed E-state index contributed by atoms with van der Waals surface area (Å²) in [5.74, 6) is 0.338. The van der Waals surface area contributed by atoms with Crippen molar-refractivity contribution in [1.29, 1.82) is 0 Å². The number of nitrogens with zero attached hydrogens (tertiary/aromatic N) is 7. The van der Waals surface area contributed by atoms with E-state index in [1.54, 1.807) is 10.9 Å². The van der Waals surface area contributed by atoms with E-state index in [2.05, 4.69) is 25.1 Å². The van der Waals surface area contributed by atoms with E-state index in [1.165, 1.54) is 6.33 Å². The number of anilines is 1. The van der Waals surface area contributed by atoms with Gasteiger partial charge in [0, 0.05) is 11.3 Å². The van der Waals surface area contributed by atoms with Gasteiger partial charge in [-0.1, -0.05) is 5.11 Å². The summed E-state index contributed by atoms with van der Waals surface area (Å²) in [7, 11) is 0. The monoisotopic (exact) mass is 276 g/mol. The van der Waals surface area contributed by atoms with Crippen molar-refractivity contribution in [3.05, 3.63) is 23.0 Å². The topological polar surface area (TPSA) is 148 Å². The summed E-state index contributed by atoms with van der Waals surface area (Å²) in [5, 5.41) is 17.7. The minimum absolute atomic E-state index is 0.226. The minimum Gasteiger partial charge on any atom is -0.394 e. The Kier molecular flexibility index (Phi) is 3.11. The zero-order chi connectivity index (χ0) is 14.1. The number of azide groups is 1. The Morgan fingerprint density at radius 2 is 2.45 bits per heavy atom. The number of fused-ring (bicyclic) bond motifs is 1. The Hall–Kier alpha value is -2.42. The van der Waals surface area contributed by atoms with Crippen molar-refractivity contribution in [2.45, 2.75) is 24.8 Å². The van der Waals surface area contributed by atoms with E-state index >= 15 is 0 Å². The molecular weight excluding hydrogens is 264 g/mol. The molecule has 1 aliphatic rings. The van der Waals surface area contributed by atoms with Gasteiger partial charge in [0.2, 0.25) is 0 Å². The fraction of sp³-hybridized carbons (Fsp3) is 0.500. The van der Waals surface area contributed by atoms with Gasteiger partial charge < -0.3 is 15.6 Å². The predicted octanol–water partition coefficient (Wildman–Crippen LogP) is 0.367. The molecule has 0 saturated carbocycles. The van der Waals surface area contributed by atoms with Crippen molar-refractivity contribution in [2.24, 2.45) is 5.11 Å².